The maximum Gasteiger partial charge on any atom is 0.328 e. The number of fused-ring (bicyclic) bond motifs is 1. The van der Waals surface area contributed by atoms with Crippen LogP contribution in [0.3, 0.4) is 0 Å². The lowest BCUT2D eigenvalue weighted by atomic mass is 10.0. The molecule has 0 aliphatic carbocycles. The van der Waals surface area contributed by atoms with Gasteiger partial charge in [0.25, 0.3) is 5.56 Å². The Labute approximate surface area is 166 Å². The number of nitrogens with one attached hydrogen (secondary N) is 2. The van der Waals surface area contributed by atoms with Crippen LogP contribution in [0.1, 0.15) is 6.42 Å². The number of aryl methyl sites for hydroxylation is 1. The molecule has 6 heteroatoms. The maximum absolute atomic E-state index is 12.6. The first-order valence-corrected chi connectivity index (χ1v) is 9.29. The molecule has 0 unspecified atom stereocenters. The number of aromatic nitrogens is 2. The third-order valence-corrected chi connectivity index (χ3v) is 4.75. The SMILES string of the molecule is O=C(CCn1c(=O)[nH]c(=O)c2ccccc21)Nc1ccccc1-c1ccccc1. The van der Waals surface area contributed by atoms with Crippen molar-refractivity contribution < 1.29 is 4.79 Å². The fraction of sp³-hybridized carbons (Fsp3) is 0.0870. The van der Waals surface area contributed by atoms with E-state index >= 15 is 0 Å². The number of anilines is 1. The van der Waals surface area contributed by atoms with Crippen molar-refractivity contribution in [1.82, 2.24) is 9.55 Å². The van der Waals surface area contributed by atoms with Gasteiger partial charge in [-0.15, -0.1) is 0 Å². The maximum atomic E-state index is 12.6. The van der Waals surface area contributed by atoms with Crippen molar-refractivity contribution in [3.05, 3.63) is 99.7 Å². The van der Waals surface area contributed by atoms with Crippen molar-refractivity contribution in [3.63, 3.8) is 0 Å². The molecule has 29 heavy (non-hydrogen) atoms. The molecule has 0 fully saturated rings. The minimum absolute atomic E-state index is 0.0963. The van der Waals surface area contributed by atoms with Gasteiger partial charge in [-0.05, 0) is 23.8 Å². The number of para-hydroxylation sites is 2. The van der Waals surface area contributed by atoms with Crippen LogP contribution >= 0.6 is 0 Å². The monoisotopic (exact) mass is 385 g/mol. The second-order valence-electron chi connectivity index (χ2n) is 6.64. The highest BCUT2D eigenvalue weighted by molar-refractivity contribution is 5.95. The van der Waals surface area contributed by atoms with Gasteiger partial charge in [0.15, 0.2) is 0 Å². The van der Waals surface area contributed by atoms with Crippen LogP contribution in [0.4, 0.5) is 5.69 Å². The van der Waals surface area contributed by atoms with Gasteiger partial charge in [-0.25, -0.2) is 4.79 Å². The predicted molar refractivity (Wildman–Crippen MR) is 114 cm³/mol. The highest BCUT2D eigenvalue weighted by Crippen LogP contribution is 2.27. The van der Waals surface area contributed by atoms with Crippen LogP contribution in [0.5, 0.6) is 0 Å². The first-order chi connectivity index (χ1) is 14.1. The minimum atomic E-state index is -0.522. The van der Waals surface area contributed by atoms with Crippen molar-refractivity contribution in [1.29, 1.82) is 0 Å². The molecule has 4 aromatic rings. The molecule has 1 aromatic heterocycles. The molecule has 0 aliphatic heterocycles. The van der Waals surface area contributed by atoms with E-state index in [4.69, 9.17) is 0 Å². The molecule has 0 bridgehead atoms. The Kier molecular flexibility index (Phi) is 5.07. The summed E-state index contributed by atoms with van der Waals surface area (Å²) < 4.78 is 1.42. The van der Waals surface area contributed by atoms with E-state index in [1.165, 1.54) is 4.57 Å². The molecule has 0 saturated heterocycles. The van der Waals surface area contributed by atoms with E-state index in [1.807, 2.05) is 54.6 Å². The molecule has 1 heterocycles. The van der Waals surface area contributed by atoms with Gasteiger partial charge in [-0.2, -0.15) is 0 Å². The van der Waals surface area contributed by atoms with Crippen molar-refractivity contribution in [2.24, 2.45) is 0 Å². The van der Waals surface area contributed by atoms with Crippen molar-refractivity contribution >= 4 is 22.5 Å². The zero-order chi connectivity index (χ0) is 20.2. The molecule has 0 atom stereocenters. The zero-order valence-corrected chi connectivity index (χ0v) is 15.6. The fourth-order valence-electron chi connectivity index (χ4n) is 3.35. The summed E-state index contributed by atoms with van der Waals surface area (Å²) in [7, 11) is 0. The molecule has 1 amide bonds. The van der Waals surface area contributed by atoms with Crippen LogP contribution in [0, 0.1) is 0 Å². The number of hydrogen-bond acceptors (Lipinski definition) is 3. The summed E-state index contributed by atoms with van der Waals surface area (Å²) in [5.74, 6) is -0.212. The number of rotatable bonds is 5. The minimum Gasteiger partial charge on any atom is -0.325 e. The van der Waals surface area contributed by atoms with Gasteiger partial charge in [0, 0.05) is 24.2 Å². The molecule has 6 nitrogen and oxygen atoms in total. The van der Waals surface area contributed by atoms with Crippen molar-refractivity contribution in [2.45, 2.75) is 13.0 Å². The van der Waals surface area contributed by atoms with E-state index in [2.05, 4.69) is 10.3 Å². The van der Waals surface area contributed by atoms with E-state index < -0.39 is 11.2 Å². The Hall–Kier alpha value is -3.93. The average molecular weight is 385 g/mol. The van der Waals surface area contributed by atoms with Gasteiger partial charge in [0.1, 0.15) is 0 Å². The number of carbonyl (C=O) groups excluding carboxylic acids is 1. The Balaban J connectivity index is 1.55. The fourth-order valence-corrected chi connectivity index (χ4v) is 3.35. The van der Waals surface area contributed by atoms with Crippen LogP contribution in [0.25, 0.3) is 22.0 Å². The van der Waals surface area contributed by atoms with Gasteiger partial charge in [-0.1, -0.05) is 60.7 Å². The Morgan fingerprint density at radius 2 is 1.55 bits per heavy atom. The first-order valence-electron chi connectivity index (χ1n) is 9.29. The number of amides is 1. The second kappa shape index (κ2) is 7.98. The molecular formula is C23H19N3O3. The highest BCUT2D eigenvalue weighted by Gasteiger charge is 2.11. The first kappa shape index (κ1) is 18.4. The third-order valence-electron chi connectivity index (χ3n) is 4.75. The molecule has 3 aromatic carbocycles. The number of nitrogens with zero attached hydrogens (tertiary/aromatic N) is 1. The summed E-state index contributed by atoms with van der Waals surface area (Å²) in [4.78, 5) is 39.1. The summed E-state index contributed by atoms with van der Waals surface area (Å²) in [6.45, 7) is 0.162. The van der Waals surface area contributed by atoms with E-state index in [0.29, 0.717) is 16.6 Å². The van der Waals surface area contributed by atoms with E-state index in [9.17, 15) is 14.4 Å². The predicted octanol–water partition coefficient (Wildman–Crippen LogP) is 3.39. The molecule has 0 saturated carbocycles. The Bertz CT molecular complexity index is 1290. The van der Waals surface area contributed by atoms with Crippen molar-refractivity contribution in [2.75, 3.05) is 5.32 Å². The third kappa shape index (κ3) is 3.87. The lowest BCUT2D eigenvalue weighted by Gasteiger charge is -2.12. The molecule has 144 valence electrons. The quantitative estimate of drug-likeness (QED) is 0.552. The van der Waals surface area contributed by atoms with Gasteiger partial charge in [-0.3, -0.25) is 19.1 Å². The Morgan fingerprint density at radius 1 is 0.862 bits per heavy atom. The summed E-state index contributed by atoms with van der Waals surface area (Å²) in [6, 6.07) is 24.2. The molecule has 0 spiro atoms. The summed E-state index contributed by atoms with van der Waals surface area (Å²) in [5, 5.41) is 3.35. The zero-order valence-electron chi connectivity index (χ0n) is 15.6. The number of carbonyl (C=O) groups is 1. The second-order valence-corrected chi connectivity index (χ2v) is 6.64. The van der Waals surface area contributed by atoms with Crippen LogP contribution < -0.4 is 16.6 Å². The largest absolute Gasteiger partial charge is 0.328 e. The highest BCUT2D eigenvalue weighted by atomic mass is 16.2. The van der Waals surface area contributed by atoms with E-state index in [1.54, 1.807) is 24.3 Å². The van der Waals surface area contributed by atoms with Gasteiger partial charge < -0.3 is 5.32 Å². The van der Waals surface area contributed by atoms with Gasteiger partial charge in [0.05, 0.1) is 10.9 Å². The lowest BCUT2D eigenvalue weighted by molar-refractivity contribution is -0.116. The van der Waals surface area contributed by atoms with Gasteiger partial charge >= 0.3 is 5.69 Å². The molecule has 0 aliphatic rings. The van der Waals surface area contributed by atoms with Crippen LogP contribution in [0.2, 0.25) is 0 Å². The van der Waals surface area contributed by atoms with Crippen LogP contribution in [-0.2, 0) is 11.3 Å². The van der Waals surface area contributed by atoms with Crippen LogP contribution in [0.15, 0.2) is 88.5 Å². The van der Waals surface area contributed by atoms with Crippen molar-refractivity contribution in [3.8, 4) is 11.1 Å². The topological polar surface area (TPSA) is 84.0 Å². The number of H-pyrrole nitrogens is 1. The van der Waals surface area contributed by atoms with E-state index in [0.717, 1.165) is 11.1 Å². The number of benzene rings is 3. The standard InChI is InChI=1S/C23H19N3O3/c27-21(24-19-12-6-4-10-17(19)16-8-2-1-3-9-16)14-15-26-20-13-7-5-11-18(20)22(28)25-23(26)29/h1-13H,14-15H2,(H,24,27)(H,25,28,29). The van der Waals surface area contributed by atoms with Crippen LogP contribution in [-0.4, -0.2) is 15.5 Å². The molecule has 4 rings (SSSR count). The Morgan fingerprint density at radius 3 is 2.38 bits per heavy atom. The van der Waals surface area contributed by atoms with Gasteiger partial charge in [0.2, 0.25) is 5.91 Å². The smallest absolute Gasteiger partial charge is 0.325 e. The molecule has 0 radical (unpaired) electrons. The number of hydrogen-bond donors (Lipinski definition) is 2. The summed E-state index contributed by atoms with van der Waals surface area (Å²) >= 11 is 0. The summed E-state index contributed by atoms with van der Waals surface area (Å²) in [6.07, 6.45) is 0.0963. The average Bonchev–Trinajstić information content (AvgIpc) is 2.74. The van der Waals surface area contributed by atoms with E-state index in [-0.39, 0.29) is 18.9 Å². The normalized spacial score (nSPS) is 10.8. The molecule has 2 N–H and O–H groups in total. The summed E-state index contributed by atoms with van der Waals surface area (Å²) in [5.41, 5.74) is 2.20. The lowest BCUT2D eigenvalue weighted by Crippen LogP contribution is -2.31. The number of aromatic amines is 1. The molecular weight excluding hydrogens is 366 g/mol.